The van der Waals surface area contributed by atoms with Crippen LogP contribution in [0.3, 0.4) is 0 Å². The van der Waals surface area contributed by atoms with Gasteiger partial charge in [-0.3, -0.25) is 13.6 Å². The Morgan fingerprint density at radius 1 is 1.26 bits per heavy atom. The molecule has 1 aromatic heterocycles. The monoisotopic (exact) mass is 468 g/mol. The number of benzene rings is 2. The molecule has 0 radical (unpaired) electrons. The quantitative estimate of drug-likeness (QED) is 0.556. The molecule has 0 saturated carbocycles. The number of carbonyl (C=O) groups is 1. The summed E-state index contributed by atoms with van der Waals surface area (Å²) in [6.45, 7) is 1.22. The van der Waals surface area contributed by atoms with E-state index in [9.17, 15) is 27.7 Å². The first kappa shape index (κ1) is 22.6. The molecule has 31 heavy (non-hydrogen) atoms. The molecule has 11 heteroatoms. The Morgan fingerprint density at radius 2 is 1.97 bits per heavy atom. The smallest absolute Gasteiger partial charge is 0.335 e. The van der Waals surface area contributed by atoms with Crippen molar-refractivity contribution in [2.45, 2.75) is 18.7 Å². The van der Waals surface area contributed by atoms with Gasteiger partial charge in [-0.1, -0.05) is 17.7 Å². The van der Waals surface area contributed by atoms with E-state index in [1.807, 2.05) is 0 Å². The molecule has 1 heterocycles. The fourth-order valence-electron chi connectivity index (χ4n) is 2.73. The zero-order valence-corrected chi connectivity index (χ0v) is 17.8. The third-order valence-corrected chi connectivity index (χ3v) is 5.41. The van der Waals surface area contributed by atoms with Gasteiger partial charge in [0.05, 0.1) is 22.1 Å². The molecule has 0 aliphatic rings. The molecule has 1 unspecified atom stereocenters. The minimum absolute atomic E-state index is 0.00683. The zero-order chi connectivity index (χ0) is 22.9. The number of carboxylic acid groups (broad SMARTS) is 1. The lowest BCUT2D eigenvalue weighted by atomic mass is 10.1. The third-order valence-electron chi connectivity index (χ3n) is 4.30. The number of aromatic nitrogens is 2. The largest absolute Gasteiger partial charge is 0.478 e. The first-order valence-electron chi connectivity index (χ1n) is 8.67. The lowest BCUT2D eigenvalue weighted by Gasteiger charge is -2.16. The summed E-state index contributed by atoms with van der Waals surface area (Å²) in [5.74, 6) is -3.22. The van der Waals surface area contributed by atoms with E-state index in [1.54, 1.807) is 6.92 Å². The van der Waals surface area contributed by atoms with Crippen molar-refractivity contribution >= 4 is 28.4 Å². The predicted octanol–water partition coefficient (Wildman–Crippen LogP) is 3.49. The first-order chi connectivity index (χ1) is 14.6. The Balaban J connectivity index is 2.11. The number of hydrogen-bond donors (Lipinski definition) is 1. The zero-order valence-electron chi connectivity index (χ0n) is 16.2. The number of halogens is 3. The number of rotatable bonds is 6. The summed E-state index contributed by atoms with van der Waals surface area (Å²) in [5, 5.41) is 8.53. The average molecular weight is 469 g/mol. The summed E-state index contributed by atoms with van der Waals surface area (Å²) in [5.41, 5.74) is -0.294. The van der Waals surface area contributed by atoms with E-state index in [-0.39, 0.29) is 27.9 Å². The summed E-state index contributed by atoms with van der Waals surface area (Å²) in [7, 11) is -1.81. The third kappa shape index (κ3) is 4.64. The van der Waals surface area contributed by atoms with E-state index in [1.165, 1.54) is 30.5 Å². The van der Waals surface area contributed by atoms with E-state index in [4.69, 9.17) is 16.3 Å². The van der Waals surface area contributed by atoms with Gasteiger partial charge in [-0.15, -0.1) is 0 Å². The second-order valence-corrected chi connectivity index (χ2v) is 8.09. The standard InChI is InChI=1S/C20H15ClF2N2O5S/c1-10-3-4-11(19(27)28)7-15(10)25-18(26)16(21)17(24-20(25)31(2)29)30-9-12-5-6-13(22)8-14(12)23/h3-8H,9H2,1-2H3,(H,27,28). The fraction of sp³-hybridized carbons (Fsp3) is 0.150. The maximum atomic E-state index is 13.8. The molecule has 0 amide bonds. The van der Waals surface area contributed by atoms with Crippen molar-refractivity contribution in [3.8, 4) is 11.6 Å². The summed E-state index contributed by atoms with van der Waals surface area (Å²) in [4.78, 5) is 28.4. The first-order valence-corrected chi connectivity index (χ1v) is 10.6. The summed E-state index contributed by atoms with van der Waals surface area (Å²) in [6.07, 6.45) is 1.27. The molecule has 0 saturated heterocycles. The van der Waals surface area contributed by atoms with Crippen molar-refractivity contribution in [2.24, 2.45) is 0 Å². The minimum atomic E-state index is -1.81. The highest BCUT2D eigenvalue weighted by molar-refractivity contribution is 7.84. The Labute approximate surface area is 182 Å². The highest BCUT2D eigenvalue weighted by Gasteiger charge is 2.22. The number of aryl methyl sites for hydroxylation is 1. The van der Waals surface area contributed by atoms with E-state index in [2.05, 4.69) is 4.98 Å². The van der Waals surface area contributed by atoms with Gasteiger partial charge < -0.3 is 9.84 Å². The Morgan fingerprint density at radius 3 is 2.58 bits per heavy atom. The lowest BCUT2D eigenvalue weighted by molar-refractivity contribution is 0.0697. The van der Waals surface area contributed by atoms with Crippen LogP contribution >= 0.6 is 11.6 Å². The summed E-state index contributed by atoms with van der Waals surface area (Å²) in [6, 6.07) is 6.97. The molecule has 0 spiro atoms. The number of hydrogen-bond acceptors (Lipinski definition) is 5. The highest BCUT2D eigenvalue weighted by atomic mass is 35.5. The van der Waals surface area contributed by atoms with Crippen LogP contribution in [0.15, 0.2) is 46.3 Å². The van der Waals surface area contributed by atoms with Crippen LogP contribution in [-0.4, -0.2) is 31.1 Å². The molecule has 2 aromatic carbocycles. The molecular formula is C20H15ClF2N2O5S. The predicted molar refractivity (Wildman–Crippen MR) is 110 cm³/mol. The number of carboxylic acids is 1. The minimum Gasteiger partial charge on any atom is -0.478 e. The molecule has 1 N–H and O–H groups in total. The van der Waals surface area contributed by atoms with Gasteiger partial charge in [0, 0.05) is 17.9 Å². The van der Waals surface area contributed by atoms with Crippen LogP contribution in [0.5, 0.6) is 5.88 Å². The molecule has 0 aliphatic carbocycles. The van der Waals surface area contributed by atoms with Crippen molar-refractivity contribution in [2.75, 3.05) is 6.26 Å². The number of ether oxygens (including phenoxy) is 1. The molecular weight excluding hydrogens is 454 g/mol. The summed E-state index contributed by atoms with van der Waals surface area (Å²) < 4.78 is 45.5. The molecule has 3 aromatic rings. The van der Waals surface area contributed by atoms with E-state index in [0.29, 0.717) is 11.6 Å². The van der Waals surface area contributed by atoms with Gasteiger partial charge in [0.2, 0.25) is 11.0 Å². The Bertz CT molecular complexity index is 1280. The van der Waals surface area contributed by atoms with Crippen molar-refractivity contribution in [1.82, 2.24) is 9.55 Å². The van der Waals surface area contributed by atoms with Crippen molar-refractivity contribution in [3.63, 3.8) is 0 Å². The SMILES string of the molecule is Cc1ccc(C(=O)O)cc1-n1c(S(C)=O)nc(OCc2ccc(F)cc2F)c(Cl)c1=O. The fourth-order valence-corrected chi connectivity index (χ4v) is 3.56. The molecule has 7 nitrogen and oxygen atoms in total. The van der Waals surface area contributed by atoms with E-state index < -0.39 is 45.6 Å². The molecule has 0 bridgehead atoms. The number of nitrogens with zero attached hydrogens (tertiary/aromatic N) is 2. The second kappa shape index (κ2) is 8.94. The maximum Gasteiger partial charge on any atom is 0.335 e. The maximum absolute atomic E-state index is 13.8. The van der Waals surface area contributed by atoms with Crippen molar-refractivity contribution in [1.29, 1.82) is 0 Å². The summed E-state index contributed by atoms with van der Waals surface area (Å²) >= 11 is 6.12. The van der Waals surface area contributed by atoms with Gasteiger partial charge in [-0.2, -0.15) is 4.98 Å². The van der Waals surface area contributed by atoms with Crippen LogP contribution in [0.1, 0.15) is 21.5 Å². The van der Waals surface area contributed by atoms with Crippen LogP contribution in [0, 0.1) is 18.6 Å². The van der Waals surface area contributed by atoms with Gasteiger partial charge in [0.1, 0.15) is 18.2 Å². The van der Waals surface area contributed by atoms with Gasteiger partial charge in [0.15, 0.2) is 5.02 Å². The Kier molecular flexibility index (Phi) is 6.51. The highest BCUT2D eigenvalue weighted by Crippen LogP contribution is 2.25. The normalized spacial score (nSPS) is 11.9. The molecule has 1 atom stereocenters. The van der Waals surface area contributed by atoms with Crippen LogP contribution < -0.4 is 10.3 Å². The van der Waals surface area contributed by atoms with Gasteiger partial charge in [0.25, 0.3) is 5.56 Å². The van der Waals surface area contributed by atoms with Crippen LogP contribution in [-0.2, 0) is 17.4 Å². The molecule has 0 aliphatic heterocycles. The lowest BCUT2D eigenvalue weighted by Crippen LogP contribution is -2.26. The van der Waals surface area contributed by atoms with Gasteiger partial charge in [-0.25, -0.2) is 13.6 Å². The van der Waals surface area contributed by atoms with Gasteiger partial charge >= 0.3 is 5.97 Å². The van der Waals surface area contributed by atoms with Crippen LogP contribution in [0.25, 0.3) is 5.69 Å². The van der Waals surface area contributed by atoms with Crippen molar-refractivity contribution < 1.29 is 27.6 Å². The average Bonchev–Trinajstić information content (AvgIpc) is 2.70. The van der Waals surface area contributed by atoms with Crippen molar-refractivity contribution in [3.05, 3.63) is 80.1 Å². The van der Waals surface area contributed by atoms with Gasteiger partial charge in [-0.05, 0) is 36.8 Å². The number of aromatic carboxylic acids is 1. The van der Waals surface area contributed by atoms with Crippen LogP contribution in [0.4, 0.5) is 8.78 Å². The Hall–Kier alpha value is -3.11. The van der Waals surface area contributed by atoms with E-state index in [0.717, 1.165) is 10.6 Å². The molecule has 3 rings (SSSR count). The topological polar surface area (TPSA) is 98.5 Å². The molecule has 162 valence electrons. The second-order valence-electron chi connectivity index (χ2n) is 6.44. The molecule has 0 fully saturated rings. The van der Waals surface area contributed by atoms with E-state index >= 15 is 0 Å². The van der Waals surface area contributed by atoms with Crippen LogP contribution in [0.2, 0.25) is 5.02 Å².